The molecule has 1 heterocycles. The van der Waals surface area contributed by atoms with E-state index >= 15 is 0 Å². The normalized spacial score (nSPS) is 23.2. The highest BCUT2D eigenvalue weighted by Gasteiger charge is 2.47. The molecule has 0 bridgehead atoms. The number of ether oxygens (including phenoxy) is 1. The van der Waals surface area contributed by atoms with Crippen molar-refractivity contribution in [3.8, 4) is 0 Å². The summed E-state index contributed by atoms with van der Waals surface area (Å²) in [5.74, 6) is -0.799. The molecule has 2 aromatic carbocycles. The summed E-state index contributed by atoms with van der Waals surface area (Å²) >= 11 is 12.0. The molecule has 7 nitrogen and oxygen atoms in total. The average Bonchev–Trinajstić information content (AvgIpc) is 3.01. The smallest absolute Gasteiger partial charge is 0.254 e. The molecular formula is C21H22Cl2N2O5. The van der Waals surface area contributed by atoms with E-state index in [4.69, 9.17) is 27.9 Å². The van der Waals surface area contributed by atoms with Crippen LogP contribution in [-0.4, -0.2) is 59.5 Å². The minimum atomic E-state index is -1.62. The maximum atomic E-state index is 12.3. The van der Waals surface area contributed by atoms with Gasteiger partial charge in [0.25, 0.3) is 11.8 Å². The Bertz CT molecular complexity index is 891. The van der Waals surface area contributed by atoms with E-state index in [-0.39, 0.29) is 47.6 Å². The highest BCUT2D eigenvalue weighted by atomic mass is 35.5. The Balaban J connectivity index is 1.49. The van der Waals surface area contributed by atoms with Crippen LogP contribution in [0.25, 0.3) is 0 Å². The molecule has 1 saturated heterocycles. The summed E-state index contributed by atoms with van der Waals surface area (Å²) in [5, 5.41) is 26.9. The zero-order chi connectivity index (χ0) is 21.7. The number of aliphatic hydroxyl groups is 2. The molecule has 3 atom stereocenters. The predicted molar refractivity (Wildman–Crippen MR) is 113 cm³/mol. The second kappa shape index (κ2) is 9.76. The molecular weight excluding hydrogens is 431 g/mol. The third-order valence-corrected chi connectivity index (χ3v) is 5.58. The van der Waals surface area contributed by atoms with Crippen LogP contribution in [-0.2, 0) is 4.74 Å². The van der Waals surface area contributed by atoms with Crippen molar-refractivity contribution in [2.24, 2.45) is 0 Å². The molecule has 4 N–H and O–H groups in total. The summed E-state index contributed by atoms with van der Waals surface area (Å²) in [6.07, 6.45) is -1.68. The predicted octanol–water partition coefficient (Wildman–Crippen LogP) is 2.03. The zero-order valence-electron chi connectivity index (χ0n) is 16.0. The van der Waals surface area contributed by atoms with Gasteiger partial charge in [0.1, 0.15) is 11.7 Å². The van der Waals surface area contributed by atoms with Crippen molar-refractivity contribution < 1.29 is 24.5 Å². The monoisotopic (exact) mass is 452 g/mol. The molecule has 30 heavy (non-hydrogen) atoms. The fourth-order valence-electron chi connectivity index (χ4n) is 3.23. The van der Waals surface area contributed by atoms with Gasteiger partial charge in [0, 0.05) is 12.1 Å². The molecule has 0 aliphatic carbocycles. The van der Waals surface area contributed by atoms with Crippen molar-refractivity contribution >= 4 is 35.0 Å². The molecule has 1 fully saturated rings. The molecule has 2 amide bonds. The van der Waals surface area contributed by atoms with Crippen LogP contribution in [0.5, 0.6) is 0 Å². The molecule has 9 heteroatoms. The van der Waals surface area contributed by atoms with Crippen molar-refractivity contribution in [3.63, 3.8) is 0 Å². The van der Waals surface area contributed by atoms with Gasteiger partial charge in [-0.25, -0.2) is 0 Å². The highest BCUT2D eigenvalue weighted by molar-refractivity contribution is 6.39. The Morgan fingerprint density at radius 2 is 1.70 bits per heavy atom. The van der Waals surface area contributed by atoms with Crippen LogP contribution < -0.4 is 10.6 Å². The van der Waals surface area contributed by atoms with E-state index < -0.39 is 23.7 Å². The minimum Gasteiger partial charge on any atom is -0.387 e. The Labute approximate surface area is 183 Å². The first kappa shape index (κ1) is 22.5. The van der Waals surface area contributed by atoms with E-state index in [1.54, 1.807) is 48.5 Å². The number of aliphatic hydroxyl groups excluding tert-OH is 1. The van der Waals surface area contributed by atoms with Crippen LogP contribution >= 0.6 is 23.2 Å². The summed E-state index contributed by atoms with van der Waals surface area (Å²) in [4.78, 5) is 24.5. The molecule has 1 aliphatic rings. The van der Waals surface area contributed by atoms with E-state index in [0.29, 0.717) is 5.56 Å². The van der Waals surface area contributed by atoms with Gasteiger partial charge in [-0.2, -0.15) is 0 Å². The number of hydrogen-bond donors (Lipinski definition) is 4. The van der Waals surface area contributed by atoms with Crippen LogP contribution in [0.2, 0.25) is 10.0 Å². The Kier molecular flexibility index (Phi) is 7.33. The standard InChI is InChI=1S/C21H22Cl2N2O5/c22-14-7-4-8-15(23)17(14)20(28)24-10-9-16-18(26)21(29,12-30-16)11-25-19(27)13-5-2-1-3-6-13/h1-8,16,18,26,29H,9-12H2,(H,24,28)(H,25,27)/t16-,18-,21+/m1/s1. The van der Waals surface area contributed by atoms with Crippen LogP contribution in [0.4, 0.5) is 0 Å². The van der Waals surface area contributed by atoms with Gasteiger partial charge in [0.2, 0.25) is 0 Å². The first-order valence-electron chi connectivity index (χ1n) is 9.39. The van der Waals surface area contributed by atoms with E-state index in [1.165, 1.54) is 0 Å². The third kappa shape index (κ3) is 5.11. The van der Waals surface area contributed by atoms with Gasteiger partial charge >= 0.3 is 0 Å². The number of rotatable bonds is 7. The summed E-state index contributed by atoms with van der Waals surface area (Å²) in [7, 11) is 0. The number of nitrogens with one attached hydrogen (secondary N) is 2. The van der Waals surface area contributed by atoms with Crippen molar-refractivity contribution in [1.29, 1.82) is 0 Å². The largest absolute Gasteiger partial charge is 0.387 e. The zero-order valence-corrected chi connectivity index (χ0v) is 17.5. The van der Waals surface area contributed by atoms with E-state index in [0.717, 1.165) is 0 Å². The molecule has 1 aliphatic heterocycles. The van der Waals surface area contributed by atoms with Crippen LogP contribution in [0, 0.1) is 0 Å². The number of carbonyl (C=O) groups excluding carboxylic acids is 2. The Hall–Kier alpha value is -2.16. The summed E-state index contributed by atoms with van der Waals surface area (Å²) in [5.41, 5.74) is -0.994. The lowest BCUT2D eigenvalue weighted by Crippen LogP contribution is -2.52. The lowest BCUT2D eigenvalue weighted by atomic mass is 9.95. The second-order valence-corrected chi connectivity index (χ2v) is 7.90. The first-order chi connectivity index (χ1) is 14.3. The van der Waals surface area contributed by atoms with Gasteiger partial charge < -0.3 is 25.6 Å². The lowest BCUT2D eigenvalue weighted by molar-refractivity contribution is -0.0474. The summed E-state index contributed by atoms with van der Waals surface area (Å²) < 4.78 is 5.50. The number of benzene rings is 2. The summed E-state index contributed by atoms with van der Waals surface area (Å²) in [6, 6.07) is 13.3. The second-order valence-electron chi connectivity index (χ2n) is 7.09. The number of hydrogen-bond acceptors (Lipinski definition) is 5. The Morgan fingerprint density at radius 1 is 1.03 bits per heavy atom. The topological polar surface area (TPSA) is 108 Å². The molecule has 3 rings (SSSR count). The maximum absolute atomic E-state index is 12.3. The Morgan fingerprint density at radius 3 is 2.37 bits per heavy atom. The molecule has 160 valence electrons. The van der Waals surface area contributed by atoms with Crippen LogP contribution in [0.3, 0.4) is 0 Å². The van der Waals surface area contributed by atoms with Gasteiger partial charge in [-0.3, -0.25) is 9.59 Å². The molecule has 0 saturated carbocycles. The lowest BCUT2D eigenvalue weighted by Gasteiger charge is -2.26. The van der Waals surface area contributed by atoms with E-state index in [2.05, 4.69) is 10.6 Å². The number of carbonyl (C=O) groups is 2. The third-order valence-electron chi connectivity index (χ3n) is 4.95. The van der Waals surface area contributed by atoms with Gasteiger partial charge in [0.15, 0.2) is 0 Å². The van der Waals surface area contributed by atoms with Gasteiger partial charge in [-0.15, -0.1) is 0 Å². The van der Waals surface area contributed by atoms with Crippen molar-refractivity contribution in [1.82, 2.24) is 10.6 Å². The van der Waals surface area contributed by atoms with E-state index in [9.17, 15) is 19.8 Å². The quantitative estimate of drug-likeness (QED) is 0.513. The number of halogens is 2. The average molecular weight is 453 g/mol. The van der Waals surface area contributed by atoms with Crippen molar-refractivity contribution in [2.75, 3.05) is 19.7 Å². The summed E-state index contributed by atoms with van der Waals surface area (Å²) in [6.45, 7) is -0.132. The maximum Gasteiger partial charge on any atom is 0.254 e. The van der Waals surface area contributed by atoms with Gasteiger partial charge in [0.05, 0.1) is 34.9 Å². The molecule has 2 aromatic rings. The fourth-order valence-corrected chi connectivity index (χ4v) is 3.80. The fraction of sp³-hybridized carbons (Fsp3) is 0.333. The molecule has 0 unspecified atom stereocenters. The van der Waals surface area contributed by atoms with Crippen LogP contribution in [0.1, 0.15) is 27.1 Å². The minimum absolute atomic E-state index is 0.141. The molecule has 0 spiro atoms. The SMILES string of the molecule is O=C(NC[C@]1(O)CO[C@H](CCNC(=O)c2c(Cl)cccc2Cl)[C@H]1O)c1ccccc1. The van der Waals surface area contributed by atoms with Gasteiger partial charge in [-0.1, -0.05) is 47.5 Å². The molecule has 0 aromatic heterocycles. The van der Waals surface area contributed by atoms with Crippen molar-refractivity contribution in [2.45, 2.75) is 24.2 Å². The highest BCUT2D eigenvalue weighted by Crippen LogP contribution is 2.27. The molecule has 0 radical (unpaired) electrons. The number of amides is 2. The first-order valence-corrected chi connectivity index (χ1v) is 10.1. The van der Waals surface area contributed by atoms with Crippen LogP contribution in [0.15, 0.2) is 48.5 Å². The van der Waals surface area contributed by atoms with Gasteiger partial charge in [-0.05, 0) is 30.7 Å². The van der Waals surface area contributed by atoms with Crippen molar-refractivity contribution in [3.05, 3.63) is 69.7 Å². The van der Waals surface area contributed by atoms with E-state index in [1.807, 2.05) is 0 Å².